The van der Waals surface area contributed by atoms with Crippen molar-refractivity contribution < 1.29 is 14.4 Å². The summed E-state index contributed by atoms with van der Waals surface area (Å²) in [7, 11) is 0. The van der Waals surface area contributed by atoms with Crippen LogP contribution in [0.25, 0.3) is 0 Å². The van der Waals surface area contributed by atoms with E-state index in [4.69, 9.17) is 0 Å². The molecule has 0 aliphatic heterocycles. The van der Waals surface area contributed by atoms with Gasteiger partial charge >= 0.3 is 0 Å². The van der Waals surface area contributed by atoms with Crippen molar-refractivity contribution in [3.63, 3.8) is 0 Å². The Morgan fingerprint density at radius 1 is 0.720 bits per heavy atom. The van der Waals surface area contributed by atoms with Crippen LogP contribution in [0.1, 0.15) is 25.0 Å². The predicted molar refractivity (Wildman–Crippen MR) is 97.0 cm³/mol. The molecule has 25 heavy (non-hydrogen) atoms. The fraction of sp³-hybridized carbons (Fsp3) is 0.211. The van der Waals surface area contributed by atoms with Crippen LogP contribution in [0, 0.1) is 0 Å². The van der Waals surface area contributed by atoms with Crippen LogP contribution in [0.15, 0.2) is 48.5 Å². The summed E-state index contributed by atoms with van der Waals surface area (Å²) < 4.78 is 0. The number of anilines is 2. The lowest BCUT2D eigenvalue weighted by Gasteiger charge is -2.08. The van der Waals surface area contributed by atoms with Crippen LogP contribution in [-0.4, -0.2) is 17.7 Å². The fourth-order valence-electron chi connectivity index (χ4n) is 2.27. The Bertz CT molecular complexity index is 752. The zero-order valence-corrected chi connectivity index (χ0v) is 14.3. The molecule has 2 aromatic rings. The second-order valence-corrected chi connectivity index (χ2v) is 5.71. The van der Waals surface area contributed by atoms with Crippen molar-refractivity contribution in [3.8, 4) is 0 Å². The van der Waals surface area contributed by atoms with Crippen LogP contribution in [0.5, 0.6) is 0 Å². The molecule has 0 unspecified atom stereocenters. The van der Waals surface area contributed by atoms with Crippen LogP contribution in [0.4, 0.5) is 11.4 Å². The number of nitrogens with one attached hydrogen (secondary N) is 3. The first kappa shape index (κ1) is 18.2. The van der Waals surface area contributed by atoms with Crippen molar-refractivity contribution in [3.05, 3.63) is 59.7 Å². The summed E-state index contributed by atoms with van der Waals surface area (Å²) in [6.07, 6.45) is 0.268. The minimum atomic E-state index is -0.130. The van der Waals surface area contributed by atoms with E-state index in [1.807, 2.05) is 24.3 Å². The van der Waals surface area contributed by atoms with Crippen molar-refractivity contribution in [1.82, 2.24) is 5.32 Å². The topological polar surface area (TPSA) is 87.3 Å². The Morgan fingerprint density at radius 3 is 1.60 bits per heavy atom. The molecule has 0 spiro atoms. The van der Waals surface area contributed by atoms with Crippen molar-refractivity contribution in [2.75, 3.05) is 10.6 Å². The van der Waals surface area contributed by atoms with E-state index >= 15 is 0 Å². The zero-order chi connectivity index (χ0) is 18.2. The molecule has 0 heterocycles. The lowest BCUT2D eigenvalue weighted by Crippen LogP contribution is -2.24. The summed E-state index contributed by atoms with van der Waals surface area (Å²) in [6, 6.07) is 14.5. The highest BCUT2D eigenvalue weighted by Crippen LogP contribution is 2.11. The molecule has 3 N–H and O–H groups in total. The van der Waals surface area contributed by atoms with E-state index in [1.54, 1.807) is 24.3 Å². The van der Waals surface area contributed by atoms with Gasteiger partial charge in [-0.05, 0) is 35.4 Å². The molecule has 0 aliphatic carbocycles. The van der Waals surface area contributed by atoms with E-state index in [2.05, 4.69) is 16.0 Å². The first-order chi connectivity index (χ1) is 11.9. The first-order valence-corrected chi connectivity index (χ1v) is 7.92. The minimum Gasteiger partial charge on any atom is -0.352 e. The second-order valence-electron chi connectivity index (χ2n) is 5.71. The van der Waals surface area contributed by atoms with Gasteiger partial charge < -0.3 is 16.0 Å². The third kappa shape index (κ3) is 6.47. The molecule has 2 aromatic carbocycles. The third-order valence-corrected chi connectivity index (χ3v) is 3.40. The van der Waals surface area contributed by atoms with E-state index in [9.17, 15) is 14.4 Å². The van der Waals surface area contributed by atoms with Gasteiger partial charge in [-0.1, -0.05) is 24.3 Å². The summed E-state index contributed by atoms with van der Waals surface area (Å²) in [5.74, 6) is -0.334. The summed E-state index contributed by atoms with van der Waals surface area (Å²) in [6.45, 7) is 3.32. The highest BCUT2D eigenvalue weighted by Gasteiger charge is 2.04. The highest BCUT2D eigenvalue weighted by atomic mass is 16.2. The molecule has 0 radical (unpaired) electrons. The number of rotatable bonds is 6. The van der Waals surface area contributed by atoms with Crippen LogP contribution in [0.3, 0.4) is 0 Å². The number of carbonyl (C=O) groups excluding carboxylic acids is 3. The van der Waals surface area contributed by atoms with Crippen molar-refractivity contribution in [2.24, 2.45) is 0 Å². The Kier molecular flexibility index (Phi) is 6.28. The molecule has 0 aromatic heterocycles. The number of hydrogen-bond donors (Lipinski definition) is 3. The van der Waals surface area contributed by atoms with Crippen LogP contribution in [0.2, 0.25) is 0 Å². The van der Waals surface area contributed by atoms with E-state index < -0.39 is 0 Å². The SMILES string of the molecule is CC(=O)Nc1ccc(CNC(=O)Cc2ccc(NC(C)=O)cc2)cc1. The molecular formula is C19H21N3O3. The Morgan fingerprint density at radius 2 is 1.16 bits per heavy atom. The van der Waals surface area contributed by atoms with Crippen LogP contribution >= 0.6 is 0 Å². The van der Waals surface area contributed by atoms with Gasteiger partial charge in [0.2, 0.25) is 17.7 Å². The molecule has 0 atom stereocenters. The quantitative estimate of drug-likeness (QED) is 0.755. The van der Waals surface area contributed by atoms with E-state index in [-0.39, 0.29) is 24.1 Å². The van der Waals surface area contributed by atoms with E-state index in [0.29, 0.717) is 12.2 Å². The van der Waals surface area contributed by atoms with Gasteiger partial charge in [0.05, 0.1) is 6.42 Å². The zero-order valence-electron chi connectivity index (χ0n) is 14.3. The number of carbonyl (C=O) groups is 3. The normalized spacial score (nSPS) is 10.0. The second kappa shape index (κ2) is 8.63. The van der Waals surface area contributed by atoms with E-state index in [0.717, 1.165) is 16.8 Å². The number of benzene rings is 2. The van der Waals surface area contributed by atoms with Gasteiger partial charge in [0.15, 0.2) is 0 Å². The molecule has 6 heteroatoms. The molecule has 0 fully saturated rings. The summed E-state index contributed by atoms with van der Waals surface area (Å²) in [5.41, 5.74) is 3.24. The highest BCUT2D eigenvalue weighted by molar-refractivity contribution is 5.89. The summed E-state index contributed by atoms with van der Waals surface area (Å²) >= 11 is 0. The minimum absolute atomic E-state index is 0.0850. The van der Waals surface area contributed by atoms with Gasteiger partial charge in [0.1, 0.15) is 0 Å². The van der Waals surface area contributed by atoms with Gasteiger partial charge in [-0.25, -0.2) is 0 Å². The molecule has 3 amide bonds. The number of hydrogen-bond acceptors (Lipinski definition) is 3. The average molecular weight is 339 g/mol. The van der Waals surface area contributed by atoms with Gasteiger partial charge in [0.25, 0.3) is 0 Å². The fourth-order valence-corrected chi connectivity index (χ4v) is 2.27. The van der Waals surface area contributed by atoms with Gasteiger partial charge in [-0.15, -0.1) is 0 Å². The third-order valence-electron chi connectivity index (χ3n) is 3.40. The predicted octanol–water partition coefficient (Wildman–Crippen LogP) is 2.46. The molecule has 0 saturated heterocycles. The monoisotopic (exact) mass is 339 g/mol. The Hall–Kier alpha value is -3.15. The van der Waals surface area contributed by atoms with E-state index in [1.165, 1.54) is 13.8 Å². The average Bonchev–Trinajstić information content (AvgIpc) is 2.55. The largest absolute Gasteiger partial charge is 0.352 e. The Balaban J connectivity index is 1.82. The molecule has 6 nitrogen and oxygen atoms in total. The first-order valence-electron chi connectivity index (χ1n) is 7.92. The van der Waals surface area contributed by atoms with Crippen molar-refractivity contribution in [2.45, 2.75) is 26.8 Å². The van der Waals surface area contributed by atoms with Gasteiger partial charge in [-0.3, -0.25) is 14.4 Å². The maximum Gasteiger partial charge on any atom is 0.224 e. The van der Waals surface area contributed by atoms with Gasteiger partial charge in [0, 0.05) is 31.8 Å². The molecule has 130 valence electrons. The Labute approximate surface area is 146 Å². The standard InChI is InChI=1S/C19H21N3O3/c1-13(23)21-17-7-3-15(4-8-17)11-19(25)20-12-16-5-9-18(10-6-16)22-14(2)24/h3-10H,11-12H2,1-2H3,(H,20,25)(H,21,23)(H,22,24). The smallest absolute Gasteiger partial charge is 0.224 e. The van der Waals surface area contributed by atoms with Crippen molar-refractivity contribution in [1.29, 1.82) is 0 Å². The van der Waals surface area contributed by atoms with Crippen molar-refractivity contribution >= 4 is 29.1 Å². The molecule has 0 aliphatic rings. The molecule has 2 rings (SSSR count). The molecule has 0 bridgehead atoms. The molecular weight excluding hydrogens is 318 g/mol. The van der Waals surface area contributed by atoms with Crippen LogP contribution < -0.4 is 16.0 Å². The number of amides is 3. The lowest BCUT2D eigenvalue weighted by molar-refractivity contribution is -0.120. The maximum atomic E-state index is 12.0. The lowest BCUT2D eigenvalue weighted by atomic mass is 10.1. The molecule has 0 saturated carbocycles. The van der Waals surface area contributed by atoms with Crippen LogP contribution in [-0.2, 0) is 27.3 Å². The summed E-state index contributed by atoms with van der Waals surface area (Å²) in [4.78, 5) is 34.0. The van der Waals surface area contributed by atoms with Gasteiger partial charge in [-0.2, -0.15) is 0 Å². The maximum absolute atomic E-state index is 12.0. The summed E-state index contributed by atoms with van der Waals surface area (Å²) in [5, 5.41) is 8.23.